The van der Waals surface area contributed by atoms with Crippen molar-refractivity contribution in [2.45, 2.75) is 26.2 Å². The Balaban J connectivity index is 3.35. The van der Waals surface area contributed by atoms with Crippen molar-refractivity contribution in [3.05, 3.63) is 0 Å². The summed E-state index contributed by atoms with van der Waals surface area (Å²) in [5.74, 6) is -0.342. The molecule has 3 nitrogen and oxygen atoms in total. The minimum atomic E-state index is -0.401. The number of Topliss-reactive ketones (excluding diaryl/α,β-unsaturated/α-hetero) is 1. The van der Waals surface area contributed by atoms with Crippen molar-refractivity contribution in [3.63, 3.8) is 0 Å². The molecule has 0 rings (SSSR count). The van der Waals surface area contributed by atoms with Crippen LogP contribution in [0.2, 0.25) is 1.41 Å². The van der Waals surface area contributed by atoms with Gasteiger partial charge in [0.1, 0.15) is 5.78 Å². The van der Waals surface area contributed by atoms with Gasteiger partial charge in [0.25, 0.3) is 0 Å². The summed E-state index contributed by atoms with van der Waals surface area (Å²) in [7, 11) is 0. The first-order valence-corrected chi connectivity index (χ1v) is 2.93. The highest BCUT2D eigenvalue weighted by Crippen LogP contribution is 1.92. The second-order valence-corrected chi connectivity index (χ2v) is 1.82. The van der Waals surface area contributed by atoms with Gasteiger partial charge in [-0.25, -0.2) is 0 Å². The molecule has 0 radical (unpaired) electrons. The maximum Gasteiger partial charge on any atom is 0.217 e. The predicted molar refractivity (Wildman–Crippen MR) is 33.7 cm³/mol. The number of carbonyl (C=O) groups excluding carboxylic acids is 2. The van der Waals surface area contributed by atoms with Crippen LogP contribution in [-0.2, 0) is 9.59 Å². The summed E-state index contributed by atoms with van der Waals surface area (Å²) < 4.78 is 6.40. The molecule has 3 heteroatoms. The van der Waals surface area contributed by atoms with Crippen LogP contribution in [0.1, 0.15) is 26.2 Å². The molecule has 0 fully saturated rings. The second kappa shape index (κ2) is 4.06. The van der Waals surface area contributed by atoms with Gasteiger partial charge in [-0.05, 0) is 0 Å². The smallest absolute Gasteiger partial charge is 0.217 e. The largest absolute Gasteiger partial charge is 0.370 e. The van der Waals surface area contributed by atoms with Crippen LogP contribution in [0.25, 0.3) is 0 Å². The number of primary amides is 1. The molecule has 0 aliphatic heterocycles. The molecule has 1 amide bonds. The van der Waals surface area contributed by atoms with Gasteiger partial charge in [-0.15, -0.1) is 0 Å². The number of nitrogens with two attached hydrogens (primary N) is 1. The maximum absolute atomic E-state index is 10.6. The van der Waals surface area contributed by atoms with Crippen LogP contribution in [0.5, 0.6) is 0 Å². The molecule has 0 bridgehead atoms. The fraction of sp³-hybridized carbons (Fsp3) is 0.667. The van der Waals surface area contributed by atoms with Crippen molar-refractivity contribution in [2.24, 2.45) is 5.73 Å². The number of hydrogen-bond donors (Lipinski definition) is 1. The van der Waals surface area contributed by atoms with Crippen molar-refractivity contribution in [1.29, 1.82) is 0 Å². The van der Waals surface area contributed by atoms with E-state index in [2.05, 4.69) is 0 Å². The quantitative estimate of drug-likeness (QED) is 0.593. The summed E-state index contributed by atoms with van der Waals surface area (Å²) >= 11 is 0. The highest BCUT2D eigenvalue weighted by molar-refractivity contribution is 5.83. The molecule has 0 heterocycles. The predicted octanol–water partition coefficient (Wildman–Crippen LogP) is 0.231. The standard InChI is InChI=1S/C6H11NO2/c1-2-5(8)3-4-6(7)9/h2-4H2,1H3,(H2,7,9)/i/hT. The van der Waals surface area contributed by atoms with Crippen LogP contribution >= 0.6 is 0 Å². The molecule has 0 saturated heterocycles. The van der Waals surface area contributed by atoms with Gasteiger partial charge in [-0.3, -0.25) is 9.59 Å². The van der Waals surface area contributed by atoms with Gasteiger partial charge in [0.15, 0.2) is 1.41 Å². The molecule has 2 N–H and O–H groups in total. The first-order chi connectivity index (χ1) is 4.70. The van der Waals surface area contributed by atoms with Crippen LogP contribution in [0.4, 0.5) is 0 Å². The monoisotopic (exact) mass is 131 g/mol. The molecular formula is C6H11NO2. The Kier molecular flexibility index (Phi) is 2.83. The first kappa shape index (κ1) is 6.26. The van der Waals surface area contributed by atoms with Gasteiger partial charge in [0.05, 0.1) is 0 Å². The van der Waals surface area contributed by atoms with E-state index in [4.69, 9.17) is 1.41 Å². The van der Waals surface area contributed by atoms with Crippen molar-refractivity contribution in [2.75, 3.05) is 0 Å². The summed E-state index contributed by atoms with van der Waals surface area (Å²) in [6.07, 6.45) is 0.850. The third kappa shape index (κ3) is 5.00. The Morgan fingerprint density at radius 1 is 1.56 bits per heavy atom. The molecule has 0 atom stereocenters. The first-order valence-electron chi connectivity index (χ1n) is 3.43. The number of amides is 1. The third-order valence-corrected chi connectivity index (χ3v) is 1.03. The molecule has 0 saturated carbocycles. The van der Waals surface area contributed by atoms with Crippen LogP contribution in [-0.4, -0.2) is 11.7 Å². The average molecular weight is 131 g/mol. The zero-order valence-electron chi connectivity index (χ0n) is 6.44. The van der Waals surface area contributed by atoms with Gasteiger partial charge in [-0.1, -0.05) is 6.92 Å². The van der Waals surface area contributed by atoms with Gasteiger partial charge >= 0.3 is 0 Å². The van der Waals surface area contributed by atoms with E-state index in [0.717, 1.165) is 0 Å². The molecule has 0 aromatic carbocycles. The summed E-state index contributed by atoms with van der Waals surface area (Å²) in [5.41, 5.74) is 1.70. The Hall–Kier alpha value is -0.860. The van der Waals surface area contributed by atoms with E-state index >= 15 is 0 Å². The normalized spacial score (nSPS) is 10.1. The van der Waals surface area contributed by atoms with E-state index in [1.54, 1.807) is 12.7 Å². The number of hydrogen-bond acceptors (Lipinski definition) is 2. The Morgan fingerprint density at radius 3 is 2.67 bits per heavy atom. The second-order valence-electron chi connectivity index (χ2n) is 1.82. The lowest BCUT2D eigenvalue weighted by atomic mass is 10.2. The van der Waals surface area contributed by atoms with Crippen molar-refractivity contribution in [3.8, 4) is 0 Å². The lowest BCUT2D eigenvalue weighted by Gasteiger charge is -1.91. The Labute approximate surface area is 55.7 Å². The van der Waals surface area contributed by atoms with Crippen molar-refractivity contribution < 1.29 is 11.0 Å². The van der Waals surface area contributed by atoms with E-state index in [-0.39, 0.29) is 18.6 Å². The van der Waals surface area contributed by atoms with E-state index in [0.29, 0.717) is 6.42 Å². The van der Waals surface area contributed by atoms with Gasteiger partial charge in [-0.2, -0.15) is 0 Å². The Bertz CT molecular complexity index is 120. The summed E-state index contributed by atoms with van der Waals surface area (Å²) in [5, 5.41) is 0. The van der Waals surface area contributed by atoms with Crippen LogP contribution in [0.15, 0.2) is 0 Å². The van der Waals surface area contributed by atoms with Crippen LogP contribution in [0.3, 0.4) is 0 Å². The van der Waals surface area contributed by atoms with Crippen molar-refractivity contribution in [1.82, 2.24) is 0 Å². The number of carbonyl (C=O) groups is 2. The summed E-state index contributed by atoms with van der Waals surface area (Å²) in [6, 6.07) is 0. The van der Waals surface area contributed by atoms with Crippen LogP contribution in [0, 0.1) is 0 Å². The van der Waals surface area contributed by atoms with E-state index in [1.807, 2.05) is 0 Å². The minimum absolute atomic E-state index is 0.0589. The lowest BCUT2D eigenvalue weighted by molar-refractivity contribution is -0.123. The highest BCUT2D eigenvalue weighted by Gasteiger charge is 1.99. The molecule has 0 aromatic heterocycles. The molecule has 0 spiro atoms. The lowest BCUT2D eigenvalue weighted by Crippen LogP contribution is -2.12. The molecule has 0 aliphatic rings. The zero-order valence-corrected chi connectivity index (χ0v) is 5.44. The number of rotatable bonds is 4. The average Bonchev–Trinajstić information content (AvgIpc) is 1.99. The van der Waals surface area contributed by atoms with Gasteiger partial charge in [0.2, 0.25) is 5.91 Å². The molecule has 0 unspecified atom stereocenters. The SMILES string of the molecule is [3H]NC(=O)CCC(=O)CC. The van der Waals surface area contributed by atoms with Gasteiger partial charge in [0, 0.05) is 19.3 Å². The van der Waals surface area contributed by atoms with E-state index in [1.165, 1.54) is 0 Å². The zero-order chi connectivity index (χ0) is 7.98. The van der Waals surface area contributed by atoms with Crippen LogP contribution < -0.4 is 5.73 Å². The maximum atomic E-state index is 10.6. The van der Waals surface area contributed by atoms with Gasteiger partial charge < -0.3 is 5.73 Å². The molecule has 52 valence electrons. The topological polar surface area (TPSA) is 60.2 Å². The van der Waals surface area contributed by atoms with Crippen molar-refractivity contribution >= 4 is 11.7 Å². The molecule has 0 aliphatic carbocycles. The minimum Gasteiger partial charge on any atom is -0.370 e. The van der Waals surface area contributed by atoms with E-state index in [9.17, 15) is 9.59 Å². The number of ketones is 1. The fourth-order valence-electron chi connectivity index (χ4n) is 0.430. The molecular weight excluding hydrogens is 118 g/mol. The van der Waals surface area contributed by atoms with E-state index < -0.39 is 5.91 Å². The Morgan fingerprint density at radius 2 is 2.22 bits per heavy atom. The third-order valence-electron chi connectivity index (χ3n) is 1.03. The summed E-state index contributed by atoms with van der Waals surface area (Å²) in [6.45, 7) is 1.75. The molecule has 0 aromatic rings. The fourth-order valence-corrected chi connectivity index (χ4v) is 0.430. The highest BCUT2D eigenvalue weighted by atomic mass is 16.1. The summed E-state index contributed by atoms with van der Waals surface area (Å²) in [4.78, 5) is 21.0. The molecule has 9 heavy (non-hydrogen) atoms.